The van der Waals surface area contributed by atoms with Gasteiger partial charge in [-0.1, -0.05) is 271 Å². The second-order valence-electron chi connectivity index (χ2n) is 39.0. The van der Waals surface area contributed by atoms with Crippen molar-refractivity contribution in [2.24, 2.45) is 0 Å². The Labute approximate surface area is 764 Å². The van der Waals surface area contributed by atoms with E-state index in [4.69, 9.17) is 0 Å². The van der Waals surface area contributed by atoms with Crippen molar-refractivity contribution < 1.29 is 13.2 Å². The van der Waals surface area contributed by atoms with Crippen LogP contribution >= 0.6 is 11.3 Å². The third-order valence-electron chi connectivity index (χ3n) is 19.1. The van der Waals surface area contributed by atoms with E-state index in [1.54, 1.807) is 67.8 Å². The Morgan fingerprint density at radius 3 is 0.992 bits per heavy atom. The molecule has 0 bridgehead atoms. The van der Waals surface area contributed by atoms with Gasteiger partial charge in [-0.05, 0) is 141 Å². The fourth-order valence-corrected chi connectivity index (χ4v) is 12.7. The smallest absolute Gasteiger partial charge is 0.191 e. The van der Waals surface area contributed by atoms with E-state index in [1.807, 2.05) is 211 Å². The fraction of sp³-hybridized carbons (Fsp3) is 0.373. The van der Waals surface area contributed by atoms with Crippen molar-refractivity contribution in [3.63, 3.8) is 0 Å². The van der Waals surface area contributed by atoms with E-state index in [1.165, 1.54) is 51.2 Å². The fourth-order valence-electron chi connectivity index (χ4n) is 11.7. The Kier molecular flexibility index (Phi) is 33.1. The summed E-state index contributed by atoms with van der Waals surface area (Å²) < 4.78 is 52.2. The summed E-state index contributed by atoms with van der Waals surface area (Å²) in [6.45, 7) is 58.5. The average molecular weight is 1770 g/mol. The maximum absolute atomic E-state index is 13.8. The molecule has 0 radical (unpaired) electrons. The maximum Gasteiger partial charge on any atom is 0.191 e. The van der Waals surface area contributed by atoms with Gasteiger partial charge < -0.3 is 0 Å². The molecule has 678 valence electrons. The molecule has 16 aromatic rings. The van der Waals surface area contributed by atoms with Gasteiger partial charge in [0.2, 0.25) is 0 Å². The van der Waals surface area contributed by atoms with Gasteiger partial charge in [-0.25, -0.2) is 81.1 Å². The van der Waals surface area contributed by atoms with Crippen molar-refractivity contribution in [1.29, 1.82) is 0 Å². The first-order valence-corrected chi connectivity index (χ1v) is 44.3. The lowest BCUT2D eigenvalue weighted by Gasteiger charge is -2.15. The van der Waals surface area contributed by atoms with Crippen LogP contribution in [0.1, 0.15) is 249 Å². The highest BCUT2D eigenvalue weighted by atomic mass is 32.1. The number of aryl methyl sites for hydroxylation is 4. The van der Waals surface area contributed by atoms with E-state index in [-0.39, 0.29) is 60.8 Å². The third kappa shape index (κ3) is 28.5. The van der Waals surface area contributed by atoms with Gasteiger partial charge in [0.1, 0.15) is 59.6 Å². The van der Waals surface area contributed by atoms with Crippen molar-refractivity contribution in [3.05, 3.63) is 330 Å². The molecule has 23 nitrogen and oxygen atoms in total. The second kappa shape index (κ2) is 42.8. The topological polar surface area (TPSA) is 241 Å². The first-order chi connectivity index (χ1) is 60.5. The van der Waals surface area contributed by atoms with Gasteiger partial charge in [0.15, 0.2) is 52.4 Å². The van der Waals surface area contributed by atoms with Gasteiger partial charge >= 0.3 is 0 Å². The monoisotopic (exact) mass is 1760 g/mol. The molecule has 0 aliphatic carbocycles. The molecule has 0 aliphatic heterocycles. The van der Waals surface area contributed by atoms with E-state index in [2.05, 4.69) is 242 Å². The number of nitrogens with zero attached hydrogens (tertiary/aromatic N) is 23. The van der Waals surface area contributed by atoms with Crippen LogP contribution in [0.25, 0.3) is 50.5 Å². The summed E-state index contributed by atoms with van der Waals surface area (Å²) in [4.78, 5) is 41.8. The van der Waals surface area contributed by atoms with Gasteiger partial charge in [-0.2, -0.15) is 35.3 Å². The molecule has 27 heteroatoms. The van der Waals surface area contributed by atoms with E-state index >= 15 is 0 Å². The predicted molar refractivity (Wildman–Crippen MR) is 513 cm³/mol. The highest BCUT2D eigenvalue weighted by Gasteiger charge is 2.28. The number of rotatable bonds is 10. The molecule has 0 N–H and O–H groups in total. The Morgan fingerprint density at radius 2 is 0.620 bits per heavy atom. The van der Waals surface area contributed by atoms with Crippen LogP contribution in [0.15, 0.2) is 244 Å². The predicted octanol–water partition coefficient (Wildman–Crippen LogP) is 23.6. The maximum atomic E-state index is 13.8. The third-order valence-corrected chi connectivity index (χ3v) is 20.6. The van der Waals surface area contributed by atoms with Gasteiger partial charge in [0.25, 0.3) is 0 Å². The Morgan fingerprint density at radius 1 is 0.279 bits per heavy atom. The minimum absolute atomic E-state index is 0.0000301. The molecule has 0 aliphatic rings. The normalized spacial score (nSPS) is 11.7. The second-order valence-corrected chi connectivity index (χ2v) is 40.1. The molecule has 6 aromatic carbocycles. The molecular weight excluding hydrogens is 1640 g/mol. The van der Waals surface area contributed by atoms with Crippen molar-refractivity contribution in [3.8, 4) is 50.5 Å². The number of para-hydroxylation sites is 5. The lowest BCUT2D eigenvalue weighted by Crippen LogP contribution is -2.14. The van der Waals surface area contributed by atoms with Crippen LogP contribution in [0.3, 0.4) is 0 Å². The quantitative estimate of drug-likeness (QED) is 0.124. The number of aromatic nitrogens is 23. The van der Waals surface area contributed by atoms with Gasteiger partial charge in [0.05, 0.1) is 39.0 Å². The molecule has 0 unspecified atom stereocenters. The summed E-state index contributed by atoms with van der Waals surface area (Å²) in [5.41, 5.74) is 6.40. The molecule has 0 spiro atoms. The first kappa shape index (κ1) is 99.9. The zero-order valence-corrected chi connectivity index (χ0v) is 81.2. The van der Waals surface area contributed by atoms with Crippen LogP contribution in [-0.4, -0.2) is 113 Å². The van der Waals surface area contributed by atoms with Crippen LogP contribution < -0.4 is 0 Å². The number of benzene rings is 6. The van der Waals surface area contributed by atoms with Crippen molar-refractivity contribution in [2.45, 2.75) is 250 Å². The molecule has 129 heavy (non-hydrogen) atoms. The lowest BCUT2D eigenvalue weighted by atomic mass is 9.95. The van der Waals surface area contributed by atoms with Gasteiger partial charge in [-0.3, -0.25) is 4.98 Å². The van der Waals surface area contributed by atoms with E-state index < -0.39 is 5.82 Å². The molecule has 0 atom stereocenters. The molecule has 0 saturated heterocycles. The molecule has 0 amide bonds. The van der Waals surface area contributed by atoms with Crippen LogP contribution in [0.2, 0.25) is 0 Å². The van der Waals surface area contributed by atoms with Crippen LogP contribution in [-0.2, 0) is 56.2 Å². The highest BCUT2D eigenvalue weighted by molar-refractivity contribution is 7.15. The summed E-state index contributed by atoms with van der Waals surface area (Å²) in [5, 5.41) is 31.2. The number of hydrogen-bond acceptors (Lipinski definition) is 17. The van der Waals surface area contributed by atoms with Gasteiger partial charge in [-0.15, -0.1) is 16.4 Å². The molecule has 0 saturated carbocycles. The van der Waals surface area contributed by atoms with Crippen LogP contribution in [0, 0.1) is 31.3 Å². The SMILES string of the molecule is CC(C)(C)c1ccc(-c2ccccn2)s1.CC(C)(C)c1ncn(-c2ccccc2)n1.CC(C)(C)c1ncn(-c2ccccc2)n1.CC(C)(C)c1ncn(-c2ncccc2F)n1.CCc1nc(C(C)(C)C)nn1-c1ccccc1.CCc1nc(C(C)(C)C)nn1-c1ccccc1F.Cc1nc(C(C)(C)C)nn1-c1ccc(F)cc1.Cc1nc(C(C)(C)C)nn1-c1ccccc1. The van der Waals surface area contributed by atoms with Crippen molar-refractivity contribution in [2.75, 3.05) is 0 Å². The lowest BCUT2D eigenvalue weighted by molar-refractivity contribution is 0.539. The van der Waals surface area contributed by atoms with Gasteiger partial charge in [0, 0.05) is 68.0 Å². The van der Waals surface area contributed by atoms with E-state index in [0.717, 1.165) is 105 Å². The molecule has 10 aromatic heterocycles. The molecule has 16 rings (SSSR count). The summed E-state index contributed by atoms with van der Waals surface area (Å²) >= 11 is 1.83. The molecular formula is C102H128F3N23S. The Hall–Kier alpha value is -12.9. The molecule has 10 heterocycles. The van der Waals surface area contributed by atoms with Crippen LogP contribution in [0.5, 0.6) is 0 Å². The number of pyridine rings is 2. The van der Waals surface area contributed by atoms with E-state index in [0.29, 0.717) is 11.5 Å². The number of halogens is 3. The summed E-state index contributed by atoms with van der Waals surface area (Å²) in [6.07, 6.45) is 9.97. The minimum Gasteiger partial charge on any atom is -0.255 e. The van der Waals surface area contributed by atoms with E-state index in [9.17, 15) is 13.2 Å². The largest absolute Gasteiger partial charge is 0.255 e. The zero-order chi connectivity index (χ0) is 94.6. The highest BCUT2D eigenvalue weighted by Crippen LogP contribution is 2.35. The van der Waals surface area contributed by atoms with Crippen LogP contribution in [0.4, 0.5) is 13.2 Å². The zero-order valence-electron chi connectivity index (χ0n) is 80.3. The standard InChI is InChI=1S/C14H18FN3.C14H19N3.C13H16FN3.C13H17N3.C13H15NS.2C12H15N3.C11H13FN4/c1-5-12-16-13(14(2,3)4)17-18(12)11-9-7-6-8-10(11)15;1-5-12-15-13(14(2,3)4)16-17(12)11-9-7-6-8-10-11;1-9-15-12(13(2,3)4)16-17(9)11-7-5-10(14)6-8-11;1-10-14-12(13(2,3)4)15-16(10)11-8-6-5-7-9-11;1-13(2,3)12-8-7-11(15-12)10-6-4-5-9-14-10;2*1-12(2,3)11-13-9-15(14-11)10-7-5-4-6-8-10;1-11(2,3)10-14-7-16(15-10)9-8(12)5-4-6-13-9/h6-9H,5H2,1-4H3;6-10H,5H2,1-4H3;5-8H,1-4H3;5-9H,1-4H3;3*4-9H,1-3H3;4-7H,1-3H3. The first-order valence-electron chi connectivity index (χ1n) is 43.4. The summed E-state index contributed by atoms with van der Waals surface area (Å²) in [5.74, 6) is 8.48. The Balaban J connectivity index is 0.000000166. The van der Waals surface area contributed by atoms with Crippen molar-refractivity contribution >= 4 is 11.3 Å². The molecule has 0 fully saturated rings. The summed E-state index contributed by atoms with van der Waals surface area (Å²) in [6, 6.07) is 66.4. The van der Waals surface area contributed by atoms with Crippen molar-refractivity contribution in [1.82, 2.24) is 113 Å². The minimum atomic E-state index is -0.409. The average Bonchev–Trinajstić information content (AvgIpc) is 1.64. The Bertz CT molecular complexity index is 5900. The number of thiophene rings is 1. The number of hydrogen-bond donors (Lipinski definition) is 0. The summed E-state index contributed by atoms with van der Waals surface area (Å²) in [7, 11) is 0.